The SMILES string of the molecule is Cc1c(F)c(NS(=O)(=O)C2(C)CC2)c2ccccc2c1Oc1nccnc1-c1ccnc(N[C@@H]2CNC[C@@H](F)C2)c1. The van der Waals surface area contributed by atoms with Crippen molar-refractivity contribution in [2.45, 2.75) is 50.1 Å². The summed E-state index contributed by atoms with van der Waals surface area (Å²) in [4.78, 5) is 13.2. The zero-order valence-electron chi connectivity index (χ0n) is 22.6. The third-order valence-electron chi connectivity index (χ3n) is 7.72. The van der Waals surface area contributed by atoms with Crippen LogP contribution in [0.3, 0.4) is 0 Å². The Hall–Kier alpha value is -3.90. The zero-order chi connectivity index (χ0) is 28.8. The molecule has 214 valence electrons. The van der Waals surface area contributed by atoms with E-state index < -0.39 is 26.8 Å². The maximum atomic E-state index is 15.9. The van der Waals surface area contributed by atoms with Gasteiger partial charge in [0.2, 0.25) is 15.9 Å². The number of fused-ring (bicyclic) bond motifs is 1. The van der Waals surface area contributed by atoms with Gasteiger partial charge in [-0.3, -0.25) is 4.72 Å². The lowest BCUT2D eigenvalue weighted by atomic mass is 10.0. The minimum Gasteiger partial charge on any atom is -0.436 e. The second-order valence-corrected chi connectivity index (χ2v) is 13.0. The van der Waals surface area contributed by atoms with Gasteiger partial charge >= 0.3 is 0 Å². The van der Waals surface area contributed by atoms with Crippen molar-refractivity contribution in [2.24, 2.45) is 0 Å². The van der Waals surface area contributed by atoms with E-state index in [0.29, 0.717) is 60.2 Å². The molecule has 9 nitrogen and oxygen atoms in total. The van der Waals surface area contributed by atoms with Gasteiger partial charge in [0.1, 0.15) is 23.4 Å². The third kappa shape index (κ3) is 5.29. The number of alkyl halides is 1. The van der Waals surface area contributed by atoms with Gasteiger partial charge in [0, 0.05) is 66.0 Å². The van der Waals surface area contributed by atoms with Crippen molar-refractivity contribution in [3.8, 4) is 22.9 Å². The first-order valence-electron chi connectivity index (χ1n) is 13.4. The van der Waals surface area contributed by atoms with Crippen LogP contribution in [0.25, 0.3) is 22.0 Å². The summed E-state index contributed by atoms with van der Waals surface area (Å²) in [6, 6.07) is 10.3. The van der Waals surface area contributed by atoms with Gasteiger partial charge < -0.3 is 15.4 Å². The van der Waals surface area contributed by atoms with Crippen LogP contribution in [0.2, 0.25) is 0 Å². The van der Waals surface area contributed by atoms with Gasteiger partial charge in [0.25, 0.3) is 0 Å². The number of rotatable bonds is 8. The Bertz CT molecular complexity index is 1730. The van der Waals surface area contributed by atoms with E-state index in [-0.39, 0.29) is 28.9 Å². The molecule has 1 saturated carbocycles. The molecule has 6 rings (SSSR count). The van der Waals surface area contributed by atoms with Crippen molar-refractivity contribution in [1.29, 1.82) is 0 Å². The predicted molar refractivity (Wildman–Crippen MR) is 154 cm³/mol. The van der Waals surface area contributed by atoms with Gasteiger partial charge in [-0.25, -0.2) is 32.2 Å². The smallest absolute Gasteiger partial charge is 0.246 e. The largest absolute Gasteiger partial charge is 0.436 e. The molecule has 12 heteroatoms. The molecule has 2 aromatic carbocycles. The van der Waals surface area contributed by atoms with Crippen LogP contribution in [0.1, 0.15) is 31.7 Å². The normalized spacial score (nSPS) is 20.0. The number of sulfonamides is 1. The molecule has 4 aromatic rings. The standard InChI is InChI=1S/C29H30F2N6O3S/c1-17-24(31)26(37-41(38,39)29(2)8-9-29)21-5-3-4-6-22(21)27(17)40-28-25(34-11-12-35-28)18-7-10-33-23(13-18)36-20-14-19(30)15-32-16-20/h3-7,10-13,19-20,32,37H,8-9,14-16H2,1-2H3,(H,33,36)/t19-,20-/m0/s1. The summed E-state index contributed by atoms with van der Waals surface area (Å²) in [6.07, 6.45) is 5.11. The van der Waals surface area contributed by atoms with Crippen LogP contribution in [-0.2, 0) is 10.0 Å². The number of pyridine rings is 1. The molecule has 3 N–H and O–H groups in total. The topological polar surface area (TPSA) is 118 Å². The van der Waals surface area contributed by atoms with Crippen LogP contribution < -0.4 is 20.1 Å². The summed E-state index contributed by atoms with van der Waals surface area (Å²) in [6.45, 7) is 4.15. The molecule has 41 heavy (non-hydrogen) atoms. The van der Waals surface area contributed by atoms with Crippen LogP contribution >= 0.6 is 0 Å². The Morgan fingerprint density at radius 3 is 2.56 bits per heavy atom. The van der Waals surface area contributed by atoms with Gasteiger partial charge in [-0.2, -0.15) is 0 Å². The maximum absolute atomic E-state index is 15.9. The molecule has 1 saturated heterocycles. The number of anilines is 2. The predicted octanol–water partition coefficient (Wildman–Crippen LogP) is 5.34. The first kappa shape index (κ1) is 27.3. The summed E-state index contributed by atoms with van der Waals surface area (Å²) in [5, 5.41) is 7.21. The van der Waals surface area contributed by atoms with Crippen LogP contribution in [-0.4, -0.2) is 53.4 Å². The van der Waals surface area contributed by atoms with E-state index in [1.807, 2.05) is 0 Å². The monoisotopic (exact) mass is 580 g/mol. The highest BCUT2D eigenvalue weighted by molar-refractivity contribution is 7.94. The highest BCUT2D eigenvalue weighted by atomic mass is 32.2. The summed E-state index contributed by atoms with van der Waals surface area (Å²) >= 11 is 0. The highest BCUT2D eigenvalue weighted by Gasteiger charge is 2.50. The average molecular weight is 581 g/mol. The minimum atomic E-state index is -3.79. The Labute approximate surface area is 236 Å². The van der Waals surface area contributed by atoms with Crippen molar-refractivity contribution in [3.05, 3.63) is 66.4 Å². The Balaban J connectivity index is 1.36. The number of aromatic nitrogens is 3. The Morgan fingerprint density at radius 1 is 1.05 bits per heavy atom. The second kappa shape index (κ2) is 10.5. The number of benzene rings is 2. The fourth-order valence-electron chi connectivity index (χ4n) is 5.00. The molecule has 1 aliphatic heterocycles. The van der Waals surface area contributed by atoms with E-state index in [2.05, 4.69) is 30.3 Å². The zero-order valence-corrected chi connectivity index (χ0v) is 23.4. The molecule has 3 heterocycles. The van der Waals surface area contributed by atoms with Gasteiger partial charge in [-0.05, 0) is 38.8 Å². The quantitative estimate of drug-likeness (QED) is 0.256. The highest BCUT2D eigenvalue weighted by Crippen LogP contribution is 2.46. The molecular weight excluding hydrogens is 550 g/mol. The molecule has 2 aromatic heterocycles. The Morgan fingerprint density at radius 2 is 1.80 bits per heavy atom. The maximum Gasteiger partial charge on any atom is 0.246 e. The lowest BCUT2D eigenvalue weighted by Gasteiger charge is -2.26. The molecule has 0 spiro atoms. The number of piperidine rings is 1. The van der Waals surface area contributed by atoms with Crippen molar-refractivity contribution < 1.29 is 21.9 Å². The van der Waals surface area contributed by atoms with E-state index in [9.17, 15) is 12.8 Å². The molecule has 2 atom stereocenters. The van der Waals surface area contributed by atoms with Crippen molar-refractivity contribution in [1.82, 2.24) is 20.3 Å². The molecule has 0 radical (unpaired) electrons. The summed E-state index contributed by atoms with van der Waals surface area (Å²) < 4.78 is 63.6. The molecular formula is C29H30F2N6O3S. The van der Waals surface area contributed by atoms with Crippen molar-refractivity contribution >= 4 is 32.3 Å². The van der Waals surface area contributed by atoms with E-state index in [1.54, 1.807) is 49.5 Å². The van der Waals surface area contributed by atoms with Gasteiger partial charge in [0.05, 0.1) is 10.4 Å². The van der Waals surface area contributed by atoms with Crippen molar-refractivity contribution in [2.75, 3.05) is 23.1 Å². The average Bonchev–Trinajstić information content (AvgIpc) is 3.73. The van der Waals surface area contributed by atoms with Crippen LogP contribution in [0.5, 0.6) is 11.6 Å². The fourth-order valence-corrected chi connectivity index (χ4v) is 6.35. The molecule has 2 aliphatic rings. The third-order valence-corrected chi connectivity index (χ3v) is 9.89. The first-order chi connectivity index (χ1) is 19.6. The Kier molecular flexibility index (Phi) is 6.98. The number of ether oxygens (including phenoxy) is 1. The van der Waals surface area contributed by atoms with Crippen molar-refractivity contribution in [3.63, 3.8) is 0 Å². The molecule has 2 fully saturated rings. The number of nitrogens with zero attached hydrogens (tertiary/aromatic N) is 3. The first-order valence-corrected chi connectivity index (χ1v) is 14.9. The molecule has 0 amide bonds. The lowest BCUT2D eigenvalue weighted by Crippen LogP contribution is -2.44. The summed E-state index contributed by atoms with van der Waals surface area (Å²) in [7, 11) is -3.79. The number of halogens is 2. The second-order valence-electron chi connectivity index (χ2n) is 10.8. The van der Waals surface area contributed by atoms with Gasteiger partial charge in [-0.15, -0.1) is 0 Å². The number of hydrogen-bond acceptors (Lipinski definition) is 8. The van der Waals surface area contributed by atoms with Gasteiger partial charge in [-0.1, -0.05) is 24.3 Å². The van der Waals surface area contributed by atoms with Crippen LogP contribution in [0, 0.1) is 12.7 Å². The lowest BCUT2D eigenvalue weighted by molar-refractivity contribution is 0.255. The van der Waals surface area contributed by atoms with E-state index in [1.165, 1.54) is 19.3 Å². The van der Waals surface area contributed by atoms with Crippen LogP contribution in [0.4, 0.5) is 20.3 Å². The van der Waals surface area contributed by atoms with Gasteiger partial charge in [0.15, 0.2) is 5.82 Å². The van der Waals surface area contributed by atoms with E-state index >= 15 is 4.39 Å². The molecule has 0 unspecified atom stereocenters. The number of nitrogens with one attached hydrogen (secondary N) is 3. The molecule has 1 aliphatic carbocycles. The fraction of sp³-hybridized carbons (Fsp3) is 0.345. The van der Waals surface area contributed by atoms with Crippen LogP contribution in [0.15, 0.2) is 55.0 Å². The van der Waals surface area contributed by atoms with E-state index in [0.717, 1.165) is 0 Å². The van der Waals surface area contributed by atoms with E-state index in [4.69, 9.17) is 4.74 Å². The molecule has 0 bridgehead atoms. The summed E-state index contributed by atoms with van der Waals surface area (Å²) in [5.41, 5.74) is 1.08. The minimum absolute atomic E-state index is 0.101. The number of hydrogen-bond donors (Lipinski definition) is 3. The summed E-state index contributed by atoms with van der Waals surface area (Å²) in [5.74, 6) is 0.169.